The number of nitriles is 1. The average molecular weight is 374 g/mol. The number of nitrogens with zero attached hydrogens (tertiary/aromatic N) is 1. The molecule has 0 aliphatic heterocycles. The first-order valence-corrected chi connectivity index (χ1v) is 8.39. The van der Waals surface area contributed by atoms with Gasteiger partial charge in [-0.1, -0.05) is 49.2 Å². The molecule has 0 saturated heterocycles. The van der Waals surface area contributed by atoms with Crippen LogP contribution >= 0.6 is 23.2 Å². The molecule has 0 unspecified atom stereocenters. The molecule has 0 spiro atoms. The first kappa shape index (κ1) is 18.9. The molecular formula is C19H17Cl2N3O. The van der Waals surface area contributed by atoms with E-state index >= 15 is 0 Å². The van der Waals surface area contributed by atoms with Gasteiger partial charge in [0.25, 0.3) is 5.91 Å². The molecule has 4 nitrogen and oxygen atoms in total. The van der Waals surface area contributed by atoms with Gasteiger partial charge in [-0.05, 0) is 41.8 Å². The second-order valence-corrected chi connectivity index (χ2v) is 6.49. The molecule has 0 heterocycles. The summed E-state index contributed by atoms with van der Waals surface area (Å²) in [6.45, 7) is 4.23. The molecule has 0 aromatic heterocycles. The Morgan fingerprint density at radius 1 is 1.08 bits per heavy atom. The third kappa shape index (κ3) is 5.25. The minimum Gasteiger partial charge on any atom is -0.360 e. The highest BCUT2D eigenvalue weighted by Crippen LogP contribution is 2.25. The van der Waals surface area contributed by atoms with Crippen molar-refractivity contribution in [2.45, 2.75) is 19.8 Å². The van der Waals surface area contributed by atoms with Crippen molar-refractivity contribution in [3.05, 3.63) is 69.8 Å². The molecule has 0 saturated carbocycles. The van der Waals surface area contributed by atoms with Crippen LogP contribution in [0.5, 0.6) is 0 Å². The van der Waals surface area contributed by atoms with Gasteiger partial charge < -0.3 is 10.6 Å². The summed E-state index contributed by atoms with van der Waals surface area (Å²) in [6, 6.07) is 14.4. The zero-order valence-corrected chi connectivity index (χ0v) is 15.3. The van der Waals surface area contributed by atoms with Crippen molar-refractivity contribution in [2.24, 2.45) is 0 Å². The topological polar surface area (TPSA) is 64.9 Å². The third-order valence-corrected chi connectivity index (χ3v) is 4.24. The number of carbonyl (C=O) groups is 1. The van der Waals surface area contributed by atoms with Gasteiger partial charge in [0.05, 0.1) is 10.0 Å². The maximum atomic E-state index is 12.2. The number of amides is 1. The summed E-state index contributed by atoms with van der Waals surface area (Å²) in [4.78, 5) is 12.2. The van der Waals surface area contributed by atoms with Crippen LogP contribution in [0.1, 0.15) is 25.3 Å². The monoisotopic (exact) mass is 373 g/mol. The van der Waals surface area contributed by atoms with Gasteiger partial charge in [-0.2, -0.15) is 5.26 Å². The van der Waals surface area contributed by atoms with E-state index in [0.29, 0.717) is 21.7 Å². The average Bonchev–Trinajstić information content (AvgIpc) is 2.59. The number of rotatable bonds is 5. The molecule has 0 atom stereocenters. The first-order valence-electron chi connectivity index (χ1n) is 7.64. The van der Waals surface area contributed by atoms with Gasteiger partial charge in [-0.15, -0.1) is 0 Å². The molecule has 128 valence electrons. The molecule has 2 N–H and O–H groups in total. The third-order valence-electron chi connectivity index (χ3n) is 3.50. The van der Waals surface area contributed by atoms with Crippen molar-refractivity contribution in [3.63, 3.8) is 0 Å². The van der Waals surface area contributed by atoms with Gasteiger partial charge in [0, 0.05) is 17.6 Å². The lowest BCUT2D eigenvalue weighted by molar-refractivity contribution is -0.112. The molecule has 0 radical (unpaired) electrons. The Labute approximate surface area is 157 Å². The maximum Gasteiger partial charge on any atom is 0.267 e. The van der Waals surface area contributed by atoms with Crippen LogP contribution in [0.4, 0.5) is 11.4 Å². The molecule has 1 amide bonds. The second kappa shape index (κ2) is 8.57. The zero-order valence-electron chi connectivity index (χ0n) is 13.8. The summed E-state index contributed by atoms with van der Waals surface area (Å²) in [7, 11) is 0. The van der Waals surface area contributed by atoms with Crippen molar-refractivity contribution >= 4 is 40.5 Å². The number of nitrogens with one attached hydrogen (secondary N) is 2. The predicted molar refractivity (Wildman–Crippen MR) is 103 cm³/mol. The van der Waals surface area contributed by atoms with E-state index in [1.807, 2.05) is 30.3 Å². The van der Waals surface area contributed by atoms with Crippen molar-refractivity contribution in [1.29, 1.82) is 5.26 Å². The van der Waals surface area contributed by atoms with Gasteiger partial charge in [0.15, 0.2) is 0 Å². The SMILES string of the molecule is CC(C)c1ccc(N/C=C(/C#N)C(=O)Nc2ccc(Cl)c(Cl)c2)cc1. The lowest BCUT2D eigenvalue weighted by atomic mass is 10.0. The fourth-order valence-corrected chi connectivity index (χ4v) is 2.34. The molecule has 2 aromatic carbocycles. The Morgan fingerprint density at radius 3 is 2.28 bits per heavy atom. The van der Waals surface area contributed by atoms with Crippen LogP contribution in [-0.4, -0.2) is 5.91 Å². The fraction of sp³-hybridized carbons (Fsp3) is 0.158. The number of hydrogen-bond acceptors (Lipinski definition) is 3. The van der Waals surface area contributed by atoms with Gasteiger partial charge in [-0.3, -0.25) is 4.79 Å². The summed E-state index contributed by atoms with van der Waals surface area (Å²) >= 11 is 11.7. The Hall–Kier alpha value is -2.48. The van der Waals surface area contributed by atoms with Crippen molar-refractivity contribution in [1.82, 2.24) is 0 Å². The van der Waals surface area contributed by atoms with E-state index in [-0.39, 0.29) is 5.57 Å². The number of halogens is 2. The highest BCUT2D eigenvalue weighted by Gasteiger charge is 2.10. The van der Waals surface area contributed by atoms with Crippen molar-refractivity contribution in [3.8, 4) is 6.07 Å². The second-order valence-electron chi connectivity index (χ2n) is 5.67. The van der Waals surface area contributed by atoms with E-state index in [9.17, 15) is 10.1 Å². The Bertz CT molecular complexity index is 837. The number of hydrogen-bond donors (Lipinski definition) is 2. The van der Waals surface area contributed by atoms with Crippen molar-refractivity contribution < 1.29 is 4.79 Å². The Kier molecular flexibility index (Phi) is 6.46. The van der Waals surface area contributed by atoms with Crippen LogP contribution in [0.2, 0.25) is 10.0 Å². The van der Waals surface area contributed by atoms with Crippen LogP contribution in [0.25, 0.3) is 0 Å². The molecule has 0 fully saturated rings. The van der Waals surface area contributed by atoms with Crippen molar-refractivity contribution in [2.75, 3.05) is 10.6 Å². The molecule has 0 aliphatic rings. The number of carbonyl (C=O) groups excluding carboxylic acids is 1. The summed E-state index contributed by atoms with van der Waals surface area (Å²) < 4.78 is 0. The number of benzene rings is 2. The summed E-state index contributed by atoms with van der Waals surface area (Å²) in [5.41, 5.74) is 2.41. The Morgan fingerprint density at radius 2 is 1.72 bits per heavy atom. The normalized spacial score (nSPS) is 11.1. The Balaban J connectivity index is 2.07. The van der Waals surface area contributed by atoms with Crippen LogP contribution in [0, 0.1) is 11.3 Å². The lowest BCUT2D eigenvalue weighted by Gasteiger charge is -2.08. The minimum absolute atomic E-state index is 0.0565. The standard InChI is InChI=1S/C19H17Cl2N3O/c1-12(2)13-3-5-15(6-4-13)23-11-14(10-22)19(25)24-16-7-8-17(20)18(21)9-16/h3-9,11-12,23H,1-2H3,(H,24,25)/b14-11-. The van der Waals surface area contributed by atoms with Gasteiger partial charge in [0.1, 0.15) is 11.6 Å². The highest BCUT2D eigenvalue weighted by molar-refractivity contribution is 6.42. The van der Waals surface area contributed by atoms with Gasteiger partial charge in [0.2, 0.25) is 0 Å². The molecule has 0 aliphatic carbocycles. The lowest BCUT2D eigenvalue weighted by Crippen LogP contribution is -2.14. The zero-order chi connectivity index (χ0) is 18.4. The van der Waals surface area contributed by atoms with Gasteiger partial charge >= 0.3 is 0 Å². The number of anilines is 2. The van der Waals surface area contributed by atoms with E-state index in [4.69, 9.17) is 23.2 Å². The summed E-state index contributed by atoms with van der Waals surface area (Å²) in [5, 5.41) is 15.5. The molecule has 0 bridgehead atoms. The molecule has 2 aromatic rings. The summed E-state index contributed by atoms with van der Waals surface area (Å²) in [6.07, 6.45) is 1.37. The van der Waals surface area contributed by atoms with E-state index in [2.05, 4.69) is 24.5 Å². The fourth-order valence-electron chi connectivity index (χ4n) is 2.04. The maximum absolute atomic E-state index is 12.2. The largest absolute Gasteiger partial charge is 0.360 e. The predicted octanol–water partition coefficient (Wildman–Crippen LogP) is 5.57. The van der Waals surface area contributed by atoms with Crippen LogP contribution < -0.4 is 10.6 Å². The van der Waals surface area contributed by atoms with Crippen LogP contribution in [-0.2, 0) is 4.79 Å². The van der Waals surface area contributed by atoms with Gasteiger partial charge in [-0.25, -0.2) is 0 Å². The van der Waals surface area contributed by atoms with E-state index in [1.165, 1.54) is 17.8 Å². The minimum atomic E-state index is -0.535. The van der Waals surface area contributed by atoms with E-state index < -0.39 is 5.91 Å². The smallest absolute Gasteiger partial charge is 0.267 e. The van der Waals surface area contributed by atoms with Crippen LogP contribution in [0.15, 0.2) is 54.2 Å². The summed E-state index contributed by atoms with van der Waals surface area (Å²) in [5.74, 6) is -0.0940. The highest BCUT2D eigenvalue weighted by atomic mass is 35.5. The van der Waals surface area contributed by atoms with E-state index in [1.54, 1.807) is 12.1 Å². The molecular weight excluding hydrogens is 357 g/mol. The van der Waals surface area contributed by atoms with Crippen LogP contribution in [0.3, 0.4) is 0 Å². The molecule has 25 heavy (non-hydrogen) atoms. The molecule has 2 rings (SSSR count). The molecule has 6 heteroatoms. The quantitative estimate of drug-likeness (QED) is 0.531. The van der Waals surface area contributed by atoms with E-state index in [0.717, 1.165) is 5.69 Å². The first-order chi connectivity index (χ1) is 11.9.